The van der Waals surface area contributed by atoms with Crippen LogP contribution in [0.25, 0.3) is 0 Å². The molecule has 1 unspecified atom stereocenters. The van der Waals surface area contributed by atoms with Gasteiger partial charge in [0.15, 0.2) is 0 Å². The second-order valence-corrected chi connectivity index (χ2v) is 6.62. The molecule has 7 heteroatoms. The number of nitrogens with one attached hydrogen (secondary N) is 1. The van der Waals surface area contributed by atoms with Gasteiger partial charge in [0.1, 0.15) is 10.9 Å². The van der Waals surface area contributed by atoms with Crippen LogP contribution < -0.4 is 4.72 Å². The number of hydrogen-bond donors (Lipinski definition) is 2. The molecule has 0 radical (unpaired) electrons. The van der Waals surface area contributed by atoms with Crippen molar-refractivity contribution in [3.05, 3.63) is 28.8 Å². The van der Waals surface area contributed by atoms with E-state index < -0.39 is 22.0 Å². The van der Waals surface area contributed by atoms with Gasteiger partial charge in [0.05, 0.1) is 5.02 Å². The van der Waals surface area contributed by atoms with Crippen LogP contribution in [0.15, 0.2) is 23.1 Å². The number of rotatable bonds is 5. The predicted molar refractivity (Wildman–Crippen MR) is 73.0 cm³/mol. The minimum absolute atomic E-state index is 0.0643. The first-order valence-electron chi connectivity index (χ1n) is 5.69. The van der Waals surface area contributed by atoms with E-state index in [9.17, 15) is 13.2 Å². The van der Waals surface area contributed by atoms with Crippen LogP contribution in [0.1, 0.15) is 32.3 Å². The second-order valence-electron chi connectivity index (χ2n) is 4.53. The highest BCUT2D eigenvalue weighted by Gasteiger charge is 2.24. The topological polar surface area (TPSA) is 83.5 Å². The Morgan fingerprint density at radius 1 is 1.32 bits per heavy atom. The Morgan fingerprint density at radius 2 is 1.89 bits per heavy atom. The van der Waals surface area contributed by atoms with E-state index in [0.717, 1.165) is 5.56 Å². The van der Waals surface area contributed by atoms with Gasteiger partial charge in [0, 0.05) is 0 Å². The molecule has 0 heterocycles. The Balaban J connectivity index is 3.21. The highest BCUT2D eigenvalue weighted by molar-refractivity contribution is 7.89. The van der Waals surface area contributed by atoms with Crippen molar-refractivity contribution in [1.82, 2.24) is 4.72 Å². The van der Waals surface area contributed by atoms with Gasteiger partial charge in [-0.1, -0.05) is 31.5 Å². The molecule has 1 atom stereocenters. The summed E-state index contributed by atoms with van der Waals surface area (Å²) in [6, 6.07) is 3.48. The molecule has 0 aliphatic rings. The first kappa shape index (κ1) is 15.9. The quantitative estimate of drug-likeness (QED) is 0.873. The van der Waals surface area contributed by atoms with Crippen molar-refractivity contribution < 1.29 is 18.3 Å². The number of carbonyl (C=O) groups is 1. The van der Waals surface area contributed by atoms with E-state index in [4.69, 9.17) is 16.7 Å². The van der Waals surface area contributed by atoms with E-state index in [0.29, 0.717) is 0 Å². The van der Waals surface area contributed by atoms with E-state index in [2.05, 4.69) is 4.72 Å². The fraction of sp³-hybridized carbons (Fsp3) is 0.417. The summed E-state index contributed by atoms with van der Waals surface area (Å²) >= 11 is 5.88. The largest absolute Gasteiger partial charge is 0.480 e. The van der Waals surface area contributed by atoms with Crippen LogP contribution in [0.4, 0.5) is 0 Å². The fourth-order valence-electron chi connectivity index (χ4n) is 1.43. The van der Waals surface area contributed by atoms with Crippen LogP contribution in [0.2, 0.25) is 5.02 Å². The third-order valence-corrected chi connectivity index (χ3v) is 4.64. The van der Waals surface area contributed by atoms with Crippen molar-refractivity contribution in [2.75, 3.05) is 0 Å². The van der Waals surface area contributed by atoms with Crippen molar-refractivity contribution >= 4 is 27.6 Å². The maximum Gasteiger partial charge on any atom is 0.321 e. The van der Waals surface area contributed by atoms with Gasteiger partial charge in [-0.05, 0) is 30.5 Å². The minimum Gasteiger partial charge on any atom is -0.480 e. The van der Waals surface area contributed by atoms with Gasteiger partial charge in [0.25, 0.3) is 0 Å². The standard InChI is InChI=1S/C12H16ClNO4S/c1-7(2)9-4-5-10(13)11(6-9)19(17,18)14-8(3)12(15)16/h4-8,14H,1-3H3,(H,15,16). The smallest absolute Gasteiger partial charge is 0.321 e. The summed E-state index contributed by atoms with van der Waals surface area (Å²) in [5.41, 5.74) is 0.813. The number of carboxylic acid groups (broad SMARTS) is 1. The lowest BCUT2D eigenvalue weighted by molar-refractivity contribution is -0.138. The van der Waals surface area contributed by atoms with Gasteiger partial charge in [-0.25, -0.2) is 8.42 Å². The minimum atomic E-state index is -3.95. The number of aliphatic carboxylic acids is 1. The second kappa shape index (κ2) is 5.90. The average molecular weight is 306 g/mol. The van der Waals surface area contributed by atoms with Crippen molar-refractivity contribution in [2.45, 2.75) is 37.6 Å². The Morgan fingerprint density at radius 3 is 2.37 bits per heavy atom. The third kappa shape index (κ3) is 3.92. The van der Waals surface area contributed by atoms with E-state index in [1.54, 1.807) is 6.07 Å². The monoisotopic (exact) mass is 305 g/mol. The molecule has 5 nitrogen and oxygen atoms in total. The molecule has 1 aromatic carbocycles. The molecule has 0 fully saturated rings. The molecule has 0 saturated carbocycles. The SMILES string of the molecule is CC(NS(=O)(=O)c1cc(C(C)C)ccc1Cl)C(=O)O. The predicted octanol–water partition coefficient (Wildman–Crippen LogP) is 2.21. The number of hydrogen-bond acceptors (Lipinski definition) is 3. The average Bonchev–Trinajstić information content (AvgIpc) is 2.28. The molecule has 0 aliphatic heterocycles. The Labute approximate surface area is 117 Å². The van der Waals surface area contributed by atoms with Crippen LogP contribution in [-0.2, 0) is 14.8 Å². The lowest BCUT2D eigenvalue weighted by Crippen LogP contribution is -2.38. The molecule has 0 bridgehead atoms. The Hall–Kier alpha value is -1.11. The lowest BCUT2D eigenvalue weighted by Gasteiger charge is -2.13. The summed E-state index contributed by atoms with van der Waals surface area (Å²) in [5, 5.41) is 8.81. The molecule has 0 aliphatic carbocycles. The molecule has 106 valence electrons. The normalized spacial score (nSPS) is 13.5. The summed E-state index contributed by atoms with van der Waals surface area (Å²) in [4.78, 5) is 10.6. The third-order valence-electron chi connectivity index (χ3n) is 2.61. The van der Waals surface area contributed by atoms with Gasteiger partial charge >= 0.3 is 5.97 Å². The van der Waals surface area contributed by atoms with Gasteiger partial charge in [-0.3, -0.25) is 4.79 Å². The van der Waals surface area contributed by atoms with E-state index >= 15 is 0 Å². The van der Waals surface area contributed by atoms with Crippen molar-refractivity contribution in [1.29, 1.82) is 0 Å². The van der Waals surface area contributed by atoms with Crippen LogP contribution in [0.5, 0.6) is 0 Å². The Bertz CT molecular complexity index is 583. The maximum atomic E-state index is 12.1. The molecular formula is C12H16ClNO4S. The van der Waals surface area contributed by atoms with Gasteiger partial charge in [-0.2, -0.15) is 4.72 Å². The first-order valence-corrected chi connectivity index (χ1v) is 7.56. The highest BCUT2D eigenvalue weighted by Crippen LogP contribution is 2.26. The van der Waals surface area contributed by atoms with Gasteiger partial charge in [-0.15, -0.1) is 0 Å². The zero-order valence-corrected chi connectivity index (χ0v) is 12.4. The number of carboxylic acids is 1. The summed E-state index contributed by atoms with van der Waals surface area (Å²) < 4.78 is 26.2. The zero-order chi connectivity index (χ0) is 14.8. The maximum absolute atomic E-state index is 12.1. The molecule has 2 N–H and O–H groups in total. The molecule has 0 amide bonds. The summed E-state index contributed by atoms with van der Waals surface area (Å²) in [7, 11) is -3.95. The summed E-state index contributed by atoms with van der Waals surface area (Å²) in [5.74, 6) is -1.11. The van der Waals surface area contributed by atoms with Crippen molar-refractivity contribution in [3.63, 3.8) is 0 Å². The number of benzene rings is 1. The molecule has 1 rings (SSSR count). The van der Waals surface area contributed by atoms with Crippen LogP contribution in [0.3, 0.4) is 0 Å². The van der Waals surface area contributed by atoms with Crippen molar-refractivity contribution in [2.24, 2.45) is 0 Å². The van der Waals surface area contributed by atoms with Gasteiger partial charge in [0.2, 0.25) is 10.0 Å². The van der Waals surface area contributed by atoms with E-state index in [-0.39, 0.29) is 15.8 Å². The number of sulfonamides is 1. The molecule has 19 heavy (non-hydrogen) atoms. The van der Waals surface area contributed by atoms with Crippen molar-refractivity contribution in [3.8, 4) is 0 Å². The summed E-state index contributed by atoms with van der Waals surface area (Å²) in [6.07, 6.45) is 0. The molecule has 0 aromatic heterocycles. The first-order chi connectivity index (χ1) is 8.65. The van der Waals surface area contributed by atoms with E-state index in [1.807, 2.05) is 13.8 Å². The lowest BCUT2D eigenvalue weighted by atomic mass is 10.0. The summed E-state index contributed by atoms with van der Waals surface area (Å²) in [6.45, 7) is 5.10. The van der Waals surface area contributed by atoms with Gasteiger partial charge < -0.3 is 5.11 Å². The molecule has 0 spiro atoms. The molecular weight excluding hydrogens is 290 g/mol. The van der Waals surface area contributed by atoms with Crippen LogP contribution in [-0.4, -0.2) is 25.5 Å². The Kier molecular flexibility index (Phi) is 4.95. The highest BCUT2D eigenvalue weighted by atomic mass is 35.5. The number of halogens is 1. The van der Waals surface area contributed by atoms with Crippen LogP contribution in [0, 0.1) is 0 Å². The fourth-order valence-corrected chi connectivity index (χ4v) is 3.16. The van der Waals surface area contributed by atoms with Crippen LogP contribution >= 0.6 is 11.6 Å². The zero-order valence-electron chi connectivity index (χ0n) is 10.8. The van der Waals surface area contributed by atoms with E-state index in [1.165, 1.54) is 19.1 Å². The molecule has 0 saturated heterocycles. The molecule has 1 aromatic rings.